The van der Waals surface area contributed by atoms with Crippen LogP contribution < -0.4 is 0 Å². The Kier molecular flexibility index (Phi) is 3.60. The average molecular weight is 286 g/mol. The second-order valence-corrected chi connectivity index (χ2v) is 6.46. The van der Waals surface area contributed by atoms with Gasteiger partial charge in [-0.1, -0.05) is 13.0 Å². The van der Waals surface area contributed by atoms with Crippen LogP contribution in [0, 0.1) is 17.8 Å². The number of carbonyl (C=O) groups is 2. The summed E-state index contributed by atoms with van der Waals surface area (Å²) < 4.78 is 5.92. The van der Waals surface area contributed by atoms with Gasteiger partial charge < -0.3 is 4.74 Å². The molecule has 2 aliphatic carbocycles. The highest BCUT2D eigenvalue weighted by molar-refractivity contribution is 6.50. The molecule has 0 aromatic heterocycles. The first-order valence-corrected chi connectivity index (χ1v) is 7.84. The number of Topliss-reactive ketones (excluding diaryl/α,β-unsaturated/α-hetero) is 2. The molecule has 21 heavy (non-hydrogen) atoms. The summed E-state index contributed by atoms with van der Waals surface area (Å²) in [6, 6.07) is 0. The molecule has 0 bridgehead atoms. The maximum absolute atomic E-state index is 12.4. The van der Waals surface area contributed by atoms with E-state index in [1.807, 2.05) is 6.08 Å². The molecule has 1 saturated heterocycles. The van der Waals surface area contributed by atoms with Crippen LogP contribution in [0.1, 0.15) is 39.5 Å². The minimum Gasteiger partial charge on any atom is -0.493 e. The molecule has 0 spiro atoms. The van der Waals surface area contributed by atoms with Crippen molar-refractivity contribution in [2.24, 2.45) is 17.8 Å². The molecule has 0 unspecified atom stereocenters. The van der Waals surface area contributed by atoms with Crippen molar-refractivity contribution in [2.45, 2.75) is 39.5 Å². The van der Waals surface area contributed by atoms with Gasteiger partial charge in [-0.15, -0.1) is 6.58 Å². The maximum atomic E-state index is 12.4. The van der Waals surface area contributed by atoms with Crippen LogP contribution in [0.4, 0.5) is 0 Å². The highest BCUT2D eigenvalue weighted by atomic mass is 16.5. The molecule has 1 heterocycles. The zero-order valence-corrected chi connectivity index (χ0v) is 12.8. The summed E-state index contributed by atoms with van der Waals surface area (Å²) in [6.07, 6.45) is 6.01. The number of ether oxygens (including phenoxy) is 1. The van der Waals surface area contributed by atoms with Gasteiger partial charge in [0.1, 0.15) is 5.76 Å². The lowest BCUT2D eigenvalue weighted by Crippen LogP contribution is -2.40. The van der Waals surface area contributed by atoms with Crippen LogP contribution in [0.2, 0.25) is 0 Å². The summed E-state index contributed by atoms with van der Waals surface area (Å²) in [7, 11) is 0. The van der Waals surface area contributed by atoms with E-state index >= 15 is 0 Å². The van der Waals surface area contributed by atoms with Gasteiger partial charge >= 0.3 is 0 Å². The van der Waals surface area contributed by atoms with Crippen molar-refractivity contribution < 1.29 is 14.3 Å². The van der Waals surface area contributed by atoms with Gasteiger partial charge in [-0.25, -0.2) is 0 Å². The van der Waals surface area contributed by atoms with E-state index in [4.69, 9.17) is 4.74 Å². The van der Waals surface area contributed by atoms with Crippen molar-refractivity contribution in [3.05, 3.63) is 35.1 Å². The third-order valence-corrected chi connectivity index (χ3v) is 5.19. The van der Waals surface area contributed by atoms with Crippen LogP contribution in [0.5, 0.6) is 0 Å². The van der Waals surface area contributed by atoms with E-state index in [1.54, 1.807) is 6.92 Å². The van der Waals surface area contributed by atoms with Gasteiger partial charge in [0.25, 0.3) is 0 Å². The first-order chi connectivity index (χ1) is 10.1. The fraction of sp³-hybridized carbons (Fsp3) is 0.556. The Morgan fingerprint density at radius 2 is 2.00 bits per heavy atom. The molecule has 3 atom stereocenters. The molecule has 0 aromatic rings. The van der Waals surface area contributed by atoms with Crippen LogP contribution in [0.25, 0.3) is 0 Å². The summed E-state index contributed by atoms with van der Waals surface area (Å²) in [6.45, 7) is 8.22. The Morgan fingerprint density at radius 1 is 1.24 bits per heavy atom. The number of carbonyl (C=O) groups excluding carboxylic acids is 2. The zero-order chi connectivity index (χ0) is 15.1. The van der Waals surface area contributed by atoms with E-state index in [9.17, 15) is 9.59 Å². The SMILES string of the molecule is C=CCC[C@@H]1COC2=C(C)C(=O)C(=O)C3=C2[C@H]1CC[C@H]3C. The van der Waals surface area contributed by atoms with E-state index in [1.165, 1.54) is 0 Å². The lowest BCUT2D eigenvalue weighted by molar-refractivity contribution is -0.133. The second-order valence-electron chi connectivity index (χ2n) is 6.46. The maximum Gasteiger partial charge on any atom is 0.232 e. The third-order valence-electron chi connectivity index (χ3n) is 5.19. The molecule has 112 valence electrons. The third kappa shape index (κ3) is 2.10. The Bertz CT molecular complexity index is 579. The van der Waals surface area contributed by atoms with Crippen molar-refractivity contribution in [3.63, 3.8) is 0 Å². The van der Waals surface area contributed by atoms with E-state index in [2.05, 4.69) is 13.5 Å². The van der Waals surface area contributed by atoms with Crippen molar-refractivity contribution in [3.8, 4) is 0 Å². The summed E-state index contributed by atoms with van der Waals surface area (Å²) in [5.41, 5.74) is 2.29. The van der Waals surface area contributed by atoms with Gasteiger partial charge in [0, 0.05) is 22.6 Å². The van der Waals surface area contributed by atoms with Crippen molar-refractivity contribution in [1.29, 1.82) is 0 Å². The molecular formula is C18H22O3. The molecule has 3 heteroatoms. The van der Waals surface area contributed by atoms with Crippen molar-refractivity contribution in [2.75, 3.05) is 6.61 Å². The van der Waals surface area contributed by atoms with E-state index in [0.717, 1.165) is 36.8 Å². The number of rotatable bonds is 3. The molecule has 1 fully saturated rings. The molecule has 0 N–H and O–H groups in total. The van der Waals surface area contributed by atoms with Crippen molar-refractivity contribution in [1.82, 2.24) is 0 Å². The summed E-state index contributed by atoms with van der Waals surface area (Å²) in [4.78, 5) is 24.6. The van der Waals surface area contributed by atoms with E-state index in [-0.39, 0.29) is 17.5 Å². The fourth-order valence-electron chi connectivity index (χ4n) is 4.00. The Labute approximate surface area is 125 Å². The summed E-state index contributed by atoms with van der Waals surface area (Å²) >= 11 is 0. The lowest BCUT2D eigenvalue weighted by Gasteiger charge is -2.43. The number of hydrogen-bond acceptors (Lipinski definition) is 3. The first kappa shape index (κ1) is 14.3. The molecule has 0 amide bonds. The normalized spacial score (nSPS) is 32.0. The Hall–Kier alpha value is -1.64. The van der Waals surface area contributed by atoms with Crippen LogP contribution in [0.15, 0.2) is 35.1 Å². The van der Waals surface area contributed by atoms with Gasteiger partial charge in [-0.05, 0) is 44.4 Å². The monoisotopic (exact) mass is 286 g/mol. The van der Waals surface area contributed by atoms with E-state index in [0.29, 0.717) is 29.8 Å². The molecule has 3 rings (SSSR count). The smallest absolute Gasteiger partial charge is 0.232 e. The number of ketones is 2. The Balaban J connectivity index is 2.07. The number of allylic oxidation sites excluding steroid dienone is 4. The van der Waals surface area contributed by atoms with Gasteiger partial charge in [0.2, 0.25) is 11.6 Å². The highest BCUT2D eigenvalue weighted by Gasteiger charge is 2.45. The molecule has 0 aromatic carbocycles. The van der Waals surface area contributed by atoms with Crippen LogP contribution in [-0.2, 0) is 14.3 Å². The van der Waals surface area contributed by atoms with Gasteiger partial charge in [0.15, 0.2) is 0 Å². The van der Waals surface area contributed by atoms with Crippen molar-refractivity contribution >= 4 is 11.6 Å². The zero-order valence-electron chi connectivity index (χ0n) is 12.8. The summed E-state index contributed by atoms with van der Waals surface area (Å²) in [5.74, 6) is 1.00. The van der Waals surface area contributed by atoms with Crippen LogP contribution in [-0.4, -0.2) is 18.2 Å². The van der Waals surface area contributed by atoms with Gasteiger partial charge in [0.05, 0.1) is 6.61 Å². The predicted octanol–water partition coefficient (Wildman–Crippen LogP) is 3.37. The Morgan fingerprint density at radius 3 is 2.71 bits per heavy atom. The first-order valence-electron chi connectivity index (χ1n) is 7.84. The number of hydrogen-bond donors (Lipinski definition) is 0. The molecule has 3 aliphatic rings. The van der Waals surface area contributed by atoms with Gasteiger partial charge in [-0.3, -0.25) is 9.59 Å². The highest BCUT2D eigenvalue weighted by Crippen LogP contribution is 2.49. The second kappa shape index (κ2) is 5.28. The minimum atomic E-state index is -0.374. The largest absolute Gasteiger partial charge is 0.493 e. The van der Waals surface area contributed by atoms with E-state index < -0.39 is 0 Å². The quantitative estimate of drug-likeness (QED) is 0.454. The molecule has 0 saturated carbocycles. The minimum absolute atomic E-state index is 0.164. The summed E-state index contributed by atoms with van der Waals surface area (Å²) in [5, 5.41) is 0. The predicted molar refractivity (Wildman–Crippen MR) is 80.5 cm³/mol. The van der Waals surface area contributed by atoms with Crippen LogP contribution in [0.3, 0.4) is 0 Å². The molecule has 3 nitrogen and oxygen atoms in total. The van der Waals surface area contributed by atoms with Gasteiger partial charge in [-0.2, -0.15) is 0 Å². The standard InChI is InChI=1S/C18H22O3/c1-4-5-6-12-9-21-18-11(3)16(19)17(20)14-10(2)7-8-13(12)15(14)18/h4,10,12-13H,1,5-9H2,2-3H3/t10-,12-,13+/m1/s1. The molecule has 1 aliphatic heterocycles. The van der Waals surface area contributed by atoms with Crippen LogP contribution >= 0.6 is 0 Å². The topological polar surface area (TPSA) is 43.4 Å². The molecule has 0 radical (unpaired) electrons. The lowest BCUT2D eigenvalue weighted by atomic mass is 9.65. The average Bonchev–Trinajstić information content (AvgIpc) is 2.49. The molecular weight excluding hydrogens is 264 g/mol. The fourth-order valence-corrected chi connectivity index (χ4v) is 4.00.